The van der Waals surface area contributed by atoms with Crippen molar-refractivity contribution in [3.63, 3.8) is 0 Å². The zero-order valence-electron chi connectivity index (χ0n) is 20.6. The van der Waals surface area contributed by atoms with E-state index in [1.165, 1.54) is 50.2 Å². The smallest absolute Gasteiger partial charge is 0.318 e. The summed E-state index contributed by atoms with van der Waals surface area (Å²) in [5.74, 6) is 3.04. The van der Waals surface area contributed by atoms with Crippen LogP contribution < -0.4 is 5.43 Å². The van der Waals surface area contributed by atoms with E-state index in [2.05, 4.69) is 64.3 Å². The summed E-state index contributed by atoms with van der Waals surface area (Å²) in [6, 6.07) is 13.5. The number of hydrazone groups is 1. The summed E-state index contributed by atoms with van der Waals surface area (Å²) < 4.78 is 40.4. The maximum Gasteiger partial charge on any atom is 0.417 e. The fraction of sp³-hybridized carbons (Fsp3) is 0.448. The van der Waals surface area contributed by atoms with Gasteiger partial charge in [0.1, 0.15) is 5.82 Å². The van der Waals surface area contributed by atoms with Crippen LogP contribution in [0.2, 0.25) is 0 Å². The Morgan fingerprint density at radius 1 is 0.972 bits per heavy atom. The number of nitrogens with zero attached hydrogens (tertiary/aromatic N) is 3. The highest BCUT2D eigenvalue weighted by Gasteiger charge is 2.51. The van der Waals surface area contributed by atoms with Crippen molar-refractivity contribution in [1.82, 2.24) is 9.55 Å². The molecule has 4 fully saturated rings. The summed E-state index contributed by atoms with van der Waals surface area (Å²) in [6.07, 6.45) is 6.52. The van der Waals surface area contributed by atoms with Crippen LogP contribution in [0.4, 0.5) is 19.0 Å². The Balaban J connectivity index is 1.18. The number of hydrogen-bond donors (Lipinski definition) is 1. The van der Waals surface area contributed by atoms with E-state index in [1.54, 1.807) is 6.21 Å². The van der Waals surface area contributed by atoms with E-state index in [-0.39, 0.29) is 5.82 Å². The molecule has 4 saturated carbocycles. The van der Waals surface area contributed by atoms with Crippen molar-refractivity contribution in [3.8, 4) is 5.69 Å². The van der Waals surface area contributed by atoms with Gasteiger partial charge in [-0.2, -0.15) is 18.3 Å². The van der Waals surface area contributed by atoms with Gasteiger partial charge < -0.3 is 4.57 Å². The van der Waals surface area contributed by atoms with E-state index in [9.17, 15) is 13.2 Å². The first-order chi connectivity index (χ1) is 17.2. The lowest BCUT2D eigenvalue weighted by atomic mass is 9.48. The molecule has 7 heteroatoms. The molecule has 2 heterocycles. The van der Waals surface area contributed by atoms with Crippen LogP contribution in [0.25, 0.3) is 5.69 Å². The van der Waals surface area contributed by atoms with Gasteiger partial charge in [0.25, 0.3) is 0 Å². The molecule has 4 bridgehead atoms. The number of nitrogens with one attached hydrogen (secondary N) is 1. The van der Waals surface area contributed by atoms with Crippen LogP contribution in [0.15, 0.2) is 53.8 Å². The van der Waals surface area contributed by atoms with Crippen molar-refractivity contribution < 1.29 is 13.2 Å². The Bertz CT molecular complexity index is 1250. The van der Waals surface area contributed by atoms with Crippen LogP contribution >= 0.6 is 0 Å². The molecule has 4 nitrogen and oxygen atoms in total. The largest absolute Gasteiger partial charge is 0.417 e. The Labute approximate surface area is 209 Å². The molecular formula is C29H31F3N4. The molecule has 0 atom stereocenters. The predicted octanol–water partition coefficient (Wildman–Crippen LogP) is 7.42. The van der Waals surface area contributed by atoms with Gasteiger partial charge in [-0.15, -0.1) is 0 Å². The zero-order valence-corrected chi connectivity index (χ0v) is 20.6. The molecule has 3 aromatic rings. The van der Waals surface area contributed by atoms with Crippen molar-refractivity contribution >= 4 is 12.0 Å². The maximum absolute atomic E-state index is 12.7. The van der Waals surface area contributed by atoms with Gasteiger partial charge in [0.15, 0.2) is 0 Å². The number of alkyl halides is 3. The zero-order chi connectivity index (χ0) is 25.1. The Kier molecular flexibility index (Phi) is 5.50. The van der Waals surface area contributed by atoms with Crippen LogP contribution in [0.5, 0.6) is 0 Å². The second-order valence-electron chi connectivity index (χ2n) is 11.2. The number of pyridine rings is 1. The summed E-state index contributed by atoms with van der Waals surface area (Å²) in [6.45, 7) is 4.12. The molecule has 4 aliphatic rings. The average Bonchev–Trinajstić information content (AvgIpc) is 3.11. The second-order valence-corrected chi connectivity index (χ2v) is 11.2. The van der Waals surface area contributed by atoms with Crippen molar-refractivity contribution in [2.24, 2.45) is 22.9 Å². The summed E-state index contributed by atoms with van der Waals surface area (Å²) in [7, 11) is 0. The molecule has 0 aliphatic heterocycles. The Morgan fingerprint density at radius 2 is 1.61 bits per heavy atom. The lowest BCUT2D eigenvalue weighted by molar-refractivity contribution is -0.137. The highest BCUT2D eigenvalue weighted by molar-refractivity contribution is 5.82. The minimum Gasteiger partial charge on any atom is -0.318 e. The molecule has 0 saturated heterocycles. The third kappa shape index (κ3) is 4.12. The average molecular weight is 493 g/mol. The van der Waals surface area contributed by atoms with E-state index >= 15 is 0 Å². The second kappa shape index (κ2) is 8.49. The molecule has 0 spiro atoms. The van der Waals surface area contributed by atoms with Gasteiger partial charge in [-0.3, -0.25) is 5.43 Å². The maximum atomic E-state index is 12.7. The highest BCUT2D eigenvalue weighted by Crippen LogP contribution is 2.60. The molecule has 0 radical (unpaired) electrons. The van der Waals surface area contributed by atoms with Crippen molar-refractivity contribution in [2.45, 2.75) is 64.0 Å². The molecule has 7 rings (SSSR count). The number of rotatable bonds is 5. The molecule has 0 amide bonds. The van der Waals surface area contributed by atoms with Crippen molar-refractivity contribution in [3.05, 3.63) is 76.7 Å². The molecule has 188 valence electrons. The van der Waals surface area contributed by atoms with Gasteiger partial charge >= 0.3 is 6.18 Å². The fourth-order valence-electron chi connectivity index (χ4n) is 7.54. The predicted molar refractivity (Wildman–Crippen MR) is 136 cm³/mol. The molecule has 1 aromatic carbocycles. The summed E-state index contributed by atoms with van der Waals surface area (Å²) >= 11 is 0. The normalized spacial score (nSPS) is 27.2. The summed E-state index contributed by atoms with van der Waals surface area (Å²) in [5, 5.41) is 4.20. The fourth-order valence-corrected chi connectivity index (χ4v) is 7.54. The lowest BCUT2D eigenvalue weighted by Crippen LogP contribution is -2.48. The number of aromatic nitrogens is 2. The van der Waals surface area contributed by atoms with Gasteiger partial charge in [0, 0.05) is 28.8 Å². The topological polar surface area (TPSA) is 42.2 Å². The minimum absolute atomic E-state index is 0.258. The van der Waals surface area contributed by atoms with Gasteiger partial charge in [-0.25, -0.2) is 4.98 Å². The van der Waals surface area contributed by atoms with E-state index < -0.39 is 11.7 Å². The van der Waals surface area contributed by atoms with Gasteiger partial charge in [-0.1, -0.05) is 12.1 Å². The molecule has 0 unspecified atom stereocenters. The lowest BCUT2D eigenvalue weighted by Gasteiger charge is -2.57. The monoisotopic (exact) mass is 492 g/mol. The molecule has 2 aromatic heterocycles. The Hall–Kier alpha value is -3.09. The first kappa shape index (κ1) is 23.3. The highest BCUT2D eigenvalue weighted by atomic mass is 19.4. The number of benzene rings is 1. The molecular weight excluding hydrogens is 461 g/mol. The summed E-state index contributed by atoms with van der Waals surface area (Å²) in [4.78, 5) is 3.79. The van der Waals surface area contributed by atoms with Crippen LogP contribution in [0.1, 0.15) is 66.6 Å². The number of aryl methyl sites for hydroxylation is 1. The van der Waals surface area contributed by atoms with E-state index in [1.807, 2.05) is 0 Å². The van der Waals surface area contributed by atoms with E-state index in [4.69, 9.17) is 0 Å². The Morgan fingerprint density at radius 3 is 2.17 bits per heavy atom. The van der Waals surface area contributed by atoms with Gasteiger partial charge in [0.05, 0.1) is 11.8 Å². The third-order valence-electron chi connectivity index (χ3n) is 8.72. The van der Waals surface area contributed by atoms with Gasteiger partial charge in [-0.05, 0) is 111 Å². The molecule has 1 N–H and O–H groups in total. The molecule has 36 heavy (non-hydrogen) atoms. The number of halogens is 3. The van der Waals surface area contributed by atoms with E-state index in [0.29, 0.717) is 5.41 Å². The van der Waals surface area contributed by atoms with Crippen LogP contribution in [-0.4, -0.2) is 15.8 Å². The number of hydrogen-bond acceptors (Lipinski definition) is 3. The van der Waals surface area contributed by atoms with Crippen molar-refractivity contribution in [1.29, 1.82) is 0 Å². The first-order valence-corrected chi connectivity index (χ1v) is 12.8. The third-order valence-corrected chi connectivity index (χ3v) is 8.72. The van der Waals surface area contributed by atoms with E-state index in [0.717, 1.165) is 52.7 Å². The van der Waals surface area contributed by atoms with Gasteiger partial charge in [0.2, 0.25) is 0 Å². The first-order valence-electron chi connectivity index (χ1n) is 12.8. The minimum atomic E-state index is -4.40. The standard InChI is InChI=1S/C29H31F3N4/c1-18-9-23(16-34-35-27-8-5-25(17-33-27)29(30,31)32)19(2)36(18)26-6-3-24(4-7-26)28-13-20-10-21(14-28)12-22(11-20)15-28/h3-9,16-17,20-22H,10-15H2,1-2H3,(H,33,35)/b34-16-. The van der Waals surface area contributed by atoms with Crippen molar-refractivity contribution in [2.75, 3.05) is 5.43 Å². The quantitative estimate of drug-likeness (QED) is 0.297. The molecule has 4 aliphatic carbocycles. The van der Waals surface area contributed by atoms with Crippen LogP contribution in [0, 0.1) is 31.6 Å². The van der Waals surface area contributed by atoms with Crippen LogP contribution in [-0.2, 0) is 11.6 Å². The van der Waals surface area contributed by atoms with Crippen LogP contribution in [0.3, 0.4) is 0 Å². The SMILES string of the molecule is Cc1cc(/C=N\Nc2ccc(C(F)(F)F)cn2)c(C)n1-c1ccc(C23CC4CC(CC(C4)C2)C3)cc1. The number of anilines is 1. The summed E-state index contributed by atoms with van der Waals surface area (Å²) in [5.41, 5.74) is 8.08.